The number of aryl methyl sites for hydroxylation is 1. The number of anilines is 1. The maximum Gasteiger partial charge on any atom is 0.241 e. The Morgan fingerprint density at radius 2 is 2.41 bits per heavy atom. The molecule has 4 nitrogen and oxygen atoms in total. The number of carbonyl (C=O) groups is 1. The number of hydrogen-bond acceptors (Lipinski definition) is 3. The van der Waals surface area contributed by atoms with Crippen LogP contribution in [-0.2, 0) is 4.79 Å². The van der Waals surface area contributed by atoms with Gasteiger partial charge in [0.2, 0.25) is 5.91 Å². The minimum Gasteiger partial charge on any atom is -0.322 e. The maximum absolute atomic E-state index is 12.0. The van der Waals surface area contributed by atoms with Crippen molar-refractivity contribution in [2.75, 3.05) is 11.9 Å². The zero-order chi connectivity index (χ0) is 12.3. The van der Waals surface area contributed by atoms with Gasteiger partial charge in [0.25, 0.3) is 0 Å². The highest BCUT2D eigenvalue weighted by Crippen LogP contribution is 2.20. The summed E-state index contributed by atoms with van der Waals surface area (Å²) in [5.41, 5.74) is 1.56. The van der Waals surface area contributed by atoms with E-state index in [1.54, 1.807) is 6.20 Å². The molecule has 0 saturated carbocycles. The Morgan fingerprint density at radius 3 is 3.12 bits per heavy atom. The topological polar surface area (TPSA) is 54.0 Å². The Bertz CT molecular complexity index is 416. The molecule has 1 aliphatic rings. The molecule has 2 N–H and O–H groups in total. The predicted octanol–water partition coefficient (Wildman–Crippen LogP) is 2.12. The molecule has 17 heavy (non-hydrogen) atoms. The van der Waals surface area contributed by atoms with Crippen molar-refractivity contribution < 1.29 is 4.79 Å². The monoisotopic (exact) mass is 253 g/mol. The summed E-state index contributed by atoms with van der Waals surface area (Å²) in [6, 6.07) is 1.72. The van der Waals surface area contributed by atoms with Gasteiger partial charge in [-0.1, -0.05) is 18.0 Å². The number of carbonyl (C=O) groups excluding carboxylic acids is 1. The van der Waals surface area contributed by atoms with Gasteiger partial charge in [0.15, 0.2) is 5.15 Å². The molecule has 1 fully saturated rings. The van der Waals surface area contributed by atoms with Crippen molar-refractivity contribution in [1.82, 2.24) is 10.3 Å². The number of nitrogens with one attached hydrogen (secondary N) is 2. The summed E-state index contributed by atoms with van der Waals surface area (Å²) >= 11 is 5.93. The van der Waals surface area contributed by atoms with E-state index in [0.29, 0.717) is 10.8 Å². The van der Waals surface area contributed by atoms with E-state index in [9.17, 15) is 4.79 Å². The lowest BCUT2D eigenvalue weighted by molar-refractivity contribution is -0.118. The Hall–Kier alpha value is -1.13. The van der Waals surface area contributed by atoms with Crippen LogP contribution in [-0.4, -0.2) is 23.5 Å². The number of pyridine rings is 1. The molecule has 5 heteroatoms. The Balaban J connectivity index is 2.04. The predicted molar refractivity (Wildman–Crippen MR) is 68.3 cm³/mol. The number of hydrogen-bond donors (Lipinski definition) is 2. The molecule has 0 radical (unpaired) electrons. The Morgan fingerprint density at radius 1 is 1.59 bits per heavy atom. The van der Waals surface area contributed by atoms with Crippen LogP contribution in [0.1, 0.15) is 24.8 Å². The van der Waals surface area contributed by atoms with Gasteiger partial charge in [0, 0.05) is 6.20 Å². The van der Waals surface area contributed by atoms with Gasteiger partial charge < -0.3 is 10.6 Å². The van der Waals surface area contributed by atoms with Crippen LogP contribution in [0.15, 0.2) is 12.3 Å². The number of nitrogens with zero attached hydrogens (tertiary/aromatic N) is 1. The van der Waals surface area contributed by atoms with E-state index in [2.05, 4.69) is 15.6 Å². The van der Waals surface area contributed by atoms with E-state index >= 15 is 0 Å². The lowest BCUT2D eigenvalue weighted by Gasteiger charge is -2.22. The molecule has 0 aliphatic carbocycles. The number of halogens is 1. The summed E-state index contributed by atoms with van der Waals surface area (Å²) in [5.74, 6) is -0.0287. The normalized spacial score (nSPS) is 20.0. The highest BCUT2D eigenvalue weighted by Gasteiger charge is 2.21. The van der Waals surface area contributed by atoms with Gasteiger partial charge in [-0.05, 0) is 37.9 Å². The van der Waals surface area contributed by atoms with Crippen molar-refractivity contribution in [3.8, 4) is 0 Å². The van der Waals surface area contributed by atoms with Crippen LogP contribution in [0.25, 0.3) is 0 Å². The van der Waals surface area contributed by atoms with Crippen molar-refractivity contribution in [2.24, 2.45) is 0 Å². The average molecular weight is 254 g/mol. The van der Waals surface area contributed by atoms with Crippen LogP contribution in [0, 0.1) is 6.92 Å². The SMILES string of the molecule is Cc1cnc(Cl)c(NC(=O)[C@@H]2CCCCN2)c1. The third-order valence-corrected chi connectivity index (χ3v) is 3.16. The van der Waals surface area contributed by atoms with Gasteiger partial charge in [0.05, 0.1) is 11.7 Å². The van der Waals surface area contributed by atoms with Crippen molar-refractivity contribution >= 4 is 23.2 Å². The van der Waals surface area contributed by atoms with Gasteiger partial charge in [0.1, 0.15) is 0 Å². The first-order valence-corrected chi connectivity index (χ1v) is 6.21. The van der Waals surface area contributed by atoms with Crippen molar-refractivity contribution in [3.63, 3.8) is 0 Å². The van der Waals surface area contributed by atoms with Crippen molar-refractivity contribution in [2.45, 2.75) is 32.2 Å². The van der Waals surface area contributed by atoms with Crippen LogP contribution in [0.5, 0.6) is 0 Å². The fourth-order valence-corrected chi connectivity index (χ4v) is 2.09. The second kappa shape index (κ2) is 5.47. The zero-order valence-electron chi connectivity index (χ0n) is 9.79. The second-order valence-electron chi connectivity index (χ2n) is 4.34. The fourth-order valence-electron chi connectivity index (χ4n) is 1.94. The van der Waals surface area contributed by atoms with Crippen LogP contribution >= 0.6 is 11.6 Å². The second-order valence-corrected chi connectivity index (χ2v) is 4.70. The first-order chi connectivity index (χ1) is 8.16. The molecule has 1 aromatic rings. The van der Waals surface area contributed by atoms with Crippen molar-refractivity contribution in [3.05, 3.63) is 23.0 Å². The molecule has 1 saturated heterocycles. The molecule has 2 heterocycles. The van der Waals surface area contributed by atoms with Gasteiger partial charge in [-0.2, -0.15) is 0 Å². The summed E-state index contributed by atoms with van der Waals surface area (Å²) in [6.45, 7) is 2.82. The van der Waals surface area contributed by atoms with Crippen molar-refractivity contribution in [1.29, 1.82) is 0 Å². The van der Waals surface area contributed by atoms with Gasteiger partial charge in [-0.3, -0.25) is 4.79 Å². The molecule has 0 spiro atoms. The molecule has 0 unspecified atom stereocenters. The first-order valence-electron chi connectivity index (χ1n) is 5.83. The van der Waals surface area contributed by atoms with Gasteiger partial charge in [-0.15, -0.1) is 0 Å². The summed E-state index contributed by atoms with van der Waals surface area (Å²) in [5, 5.41) is 6.36. The van der Waals surface area contributed by atoms with E-state index in [1.807, 2.05) is 13.0 Å². The van der Waals surface area contributed by atoms with Crippen LogP contribution < -0.4 is 10.6 Å². The number of aromatic nitrogens is 1. The van der Waals surface area contributed by atoms with Crippen LogP contribution in [0.3, 0.4) is 0 Å². The van der Waals surface area contributed by atoms with E-state index in [4.69, 9.17) is 11.6 Å². The minimum atomic E-state index is -0.111. The molecule has 92 valence electrons. The quantitative estimate of drug-likeness (QED) is 0.794. The summed E-state index contributed by atoms with van der Waals surface area (Å²) in [4.78, 5) is 16.0. The highest BCUT2D eigenvalue weighted by molar-refractivity contribution is 6.32. The number of rotatable bonds is 2. The molecule has 0 bridgehead atoms. The first kappa shape index (κ1) is 12.3. The smallest absolute Gasteiger partial charge is 0.241 e. The molecule has 1 amide bonds. The molecule has 1 aliphatic heterocycles. The average Bonchev–Trinajstić information content (AvgIpc) is 2.35. The largest absolute Gasteiger partial charge is 0.322 e. The summed E-state index contributed by atoms with van der Waals surface area (Å²) in [7, 11) is 0. The third kappa shape index (κ3) is 3.17. The lowest BCUT2D eigenvalue weighted by atomic mass is 10.0. The molecular weight excluding hydrogens is 238 g/mol. The standard InChI is InChI=1S/C12H16ClN3O/c1-8-6-10(11(13)15-7-8)16-12(17)9-4-2-3-5-14-9/h6-7,9,14H,2-5H2,1H3,(H,16,17)/t9-/m0/s1. The molecule has 1 atom stereocenters. The highest BCUT2D eigenvalue weighted by atomic mass is 35.5. The zero-order valence-corrected chi connectivity index (χ0v) is 10.5. The van der Waals surface area contributed by atoms with Crippen LogP contribution in [0.2, 0.25) is 5.15 Å². The molecular formula is C12H16ClN3O. The van der Waals surface area contributed by atoms with Gasteiger partial charge in [-0.25, -0.2) is 4.98 Å². The van der Waals surface area contributed by atoms with E-state index in [0.717, 1.165) is 31.4 Å². The van der Waals surface area contributed by atoms with Crippen LogP contribution in [0.4, 0.5) is 5.69 Å². The summed E-state index contributed by atoms with van der Waals surface area (Å²) < 4.78 is 0. The van der Waals surface area contributed by atoms with E-state index in [1.165, 1.54) is 0 Å². The van der Waals surface area contributed by atoms with E-state index in [-0.39, 0.29) is 11.9 Å². The lowest BCUT2D eigenvalue weighted by Crippen LogP contribution is -2.43. The molecule has 2 rings (SSSR count). The number of piperidine rings is 1. The maximum atomic E-state index is 12.0. The summed E-state index contributed by atoms with van der Waals surface area (Å²) in [6.07, 6.45) is 4.78. The third-order valence-electron chi connectivity index (χ3n) is 2.86. The molecule has 1 aromatic heterocycles. The van der Waals surface area contributed by atoms with Gasteiger partial charge >= 0.3 is 0 Å². The Kier molecular flexibility index (Phi) is 3.97. The number of amides is 1. The molecule has 0 aromatic carbocycles. The fraction of sp³-hybridized carbons (Fsp3) is 0.500. The Labute approximate surface area is 106 Å². The van der Waals surface area contributed by atoms with E-state index < -0.39 is 0 Å². The minimum absolute atomic E-state index is 0.0287.